The molecule has 2 aromatic heterocycles. The molecule has 9 nitrogen and oxygen atoms in total. The van der Waals surface area contributed by atoms with Crippen LogP contribution in [0.25, 0.3) is 0 Å². The summed E-state index contributed by atoms with van der Waals surface area (Å²) in [5.41, 5.74) is 5.49. The average Bonchev–Trinajstić information content (AvgIpc) is 3.67. The Morgan fingerprint density at radius 2 is 1.95 bits per heavy atom. The van der Waals surface area contributed by atoms with Gasteiger partial charge in [0.15, 0.2) is 5.75 Å². The third-order valence-electron chi connectivity index (χ3n) is 8.47. The summed E-state index contributed by atoms with van der Waals surface area (Å²) in [4.78, 5) is 28.7. The summed E-state index contributed by atoms with van der Waals surface area (Å²) in [5.74, 6) is 2.67. The first-order valence-electron chi connectivity index (χ1n) is 13.6. The molecule has 5 aliphatic rings. The highest BCUT2D eigenvalue weighted by atomic mass is 16.5. The lowest BCUT2D eigenvalue weighted by molar-refractivity contribution is -0.125. The monoisotopic (exact) mass is 502 g/mol. The number of likely N-dealkylation sites (tertiary alicyclic amines) is 2. The molecule has 1 atom stereocenters. The first-order valence-corrected chi connectivity index (χ1v) is 13.6. The van der Waals surface area contributed by atoms with Crippen LogP contribution in [0.15, 0.2) is 31.0 Å². The van der Waals surface area contributed by atoms with Gasteiger partial charge in [-0.1, -0.05) is 6.58 Å². The molecule has 1 N–H and O–H groups in total. The van der Waals surface area contributed by atoms with Gasteiger partial charge >= 0.3 is 0 Å². The van der Waals surface area contributed by atoms with Crippen molar-refractivity contribution in [3.63, 3.8) is 0 Å². The zero-order chi connectivity index (χ0) is 24.9. The maximum Gasteiger partial charge on any atom is 0.246 e. The first-order chi connectivity index (χ1) is 18.2. The Bertz CT molecular complexity index is 1220. The minimum absolute atomic E-state index is 0.0396. The minimum Gasteiger partial charge on any atom is -0.485 e. The molecule has 4 fully saturated rings. The van der Waals surface area contributed by atoms with Crippen molar-refractivity contribution in [2.75, 3.05) is 62.7 Å². The van der Waals surface area contributed by atoms with E-state index in [1.54, 1.807) is 0 Å². The van der Waals surface area contributed by atoms with Crippen LogP contribution in [0.1, 0.15) is 48.0 Å². The molecule has 194 valence electrons. The van der Waals surface area contributed by atoms with E-state index in [0.717, 1.165) is 93.1 Å². The number of anilines is 3. The predicted octanol–water partition coefficient (Wildman–Crippen LogP) is 3.01. The van der Waals surface area contributed by atoms with Crippen LogP contribution < -0.4 is 15.0 Å². The van der Waals surface area contributed by atoms with Crippen LogP contribution in [0.3, 0.4) is 0 Å². The van der Waals surface area contributed by atoms with Crippen LogP contribution in [0.2, 0.25) is 0 Å². The molecule has 0 spiro atoms. The van der Waals surface area contributed by atoms with Gasteiger partial charge in [0.05, 0.1) is 30.2 Å². The van der Waals surface area contributed by atoms with Crippen LogP contribution in [-0.4, -0.2) is 84.2 Å². The van der Waals surface area contributed by atoms with E-state index in [9.17, 15) is 4.79 Å². The summed E-state index contributed by atoms with van der Waals surface area (Å²) >= 11 is 0. The molecule has 4 aliphatic heterocycles. The summed E-state index contributed by atoms with van der Waals surface area (Å²) in [7, 11) is 0. The van der Waals surface area contributed by atoms with Crippen molar-refractivity contribution < 1.29 is 14.3 Å². The Labute approximate surface area is 217 Å². The van der Waals surface area contributed by atoms with E-state index in [1.165, 1.54) is 24.6 Å². The number of nitrogens with one attached hydrogen (secondary N) is 1. The molecule has 1 amide bonds. The normalized spacial score (nSPS) is 23.8. The van der Waals surface area contributed by atoms with Gasteiger partial charge in [0.2, 0.25) is 5.91 Å². The highest BCUT2D eigenvalue weighted by Crippen LogP contribution is 2.49. The topological polar surface area (TPSA) is 83.1 Å². The van der Waals surface area contributed by atoms with Crippen molar-refractivity contribution in [3.8, 4) is 5.75 Å². The van der Waals surface area contributed by atoms with Crippen LogP contribution in [-0.2, 0) is 16.1 Å². The average molecular weight is 503 g/mol. The quantitative estimate of drug-likeness (QED) is 0.625. The Hall–Kier alpha value is -3.17. The number of fused-ring (bicyclic) bond motifs is 2. The van der Waals surface area contributed by atoms with E-state index in [4.69, 9.17) is 19.4 Å². The van der Waals surface area contributed by atoms with Gasteiger partial charge in [-0.15, -0.1) is 0 Å². The number of ether oxygens (including phenoxy) is 2. The number of morpholine rings is 1. The summed E-state index contributed by atoms with van der Waals surface area (Å²) < 4.78 is 12.1. The first kappa shape index (κ1) is 23.0. The van der Waals surface area contributed by atoms with Crippen molar-refractivity contribution in [2.24, 2.45) is 0 Å². The Morgan fingerprint density at radius 1 is 1.11 bits per heavy atom. The fourth-order valence-electron chi connectivity index (χ4n) is 6.13. The number of rotatable bonds is 5. The zero-order valence-electron chi connectivity index (χ0n) is 21.2. The molecule has 1 saturated carbocycles. The second-order valence-electron chi connectivity index (χ2n) is 10.8. The molecule has 0 bridgehead atoms. The maximum absolute atomic E-state index is 12.0. The number of carbonyl (C=O) groups excluding carboxylic acids is 1. The van der Waals surface area contributed by atoms with E-state index >= 15 is 0 Å². The van der Waals surface area contributed by atoms with E-state index in [-0.39, 0.29) is 5.91 Å². The molecule has 2 aromatic rings. The highest BCUT2D eigenvalue weighted by molar-refractivity contribution is 5.87. The van der Waals surface area contributed by atoms with Gasteiger partial charge in [0, 0.05) is 74.7 Å². The summed E-state index contributed by atoms with van der Waals surface area (Å²) in [6, 6.07) is 4.70. The molecule has 0 aromatic carbocycles. The second kappa shape index (κ2) is 9.29. The second-order valence-corrected chi connectivity index (χ2v) is 10.8. The summed E-state index contributed by atoms with van der Waals surface area (Å²) in [6.45, 7) is 10.9. The van der Waals surface area contributed by atoms with Gasteiger partial charge in [-0.25, -0.2) is 4.98 Å². The van der Waals surface area contributed by atoms with Gasteiger partial charge in [0.25, 0.3) is 0 Å². The molecular formula is C28H34N6O3. The van der Waals surface area contributed by atoms with E-state index in [0.29, 0.717) is 24.5 Å². The summed E-state index contributed by atoms with van der Waals surface area (Å²) in [6.07, 6.45) is 6.68. The maximum atomic E-state index is 12.0. The van der Waals surface area contributed by atoms with E-state index in [2.05, 4.69) is 33.8 Å². The predicted molar refractivity (Wildman–Crippen MR) is 141 cm³/mol. The third-order valence-corrected chi connectivity index (χ3v) is 8.47. The smallest absolute Gasteiger partial charge is 0.246 e. The Kier molecular flexibility index (Phi) is 5.77. The van der Waals surface area contributed by atoms with Crippen LogP contribution in [0.5, 0.6) is 5.75 Å². The number of hydrogen-bond donors (Lipinski definition) is 1. The molecule has 1 aliphatic carbocycles. The van der Waals surface area contributed by atoms with Gasteiger partial charge in [-0.3, -0.25) is 14.7 Å². The molecule has 3 saturated heterocycles. The number of pyridine rings is 2. The van der Waals surface area contributed by atoms with Crippen molar-refractivity contribution >= 4 is 23.1 Å². The number of aromatic nitrogens is 2. The summed E-state index contributed by atoms with van der Waals surface area (Å²) in [5, 5.41) is 3.64. The fraction of sp³-hybridized carbons (Fsp3) is 0.536. The SMILES string of the molecule is C=CC(=O)N1CC[C@H](N2CC(c3cc4c(c(C5CC5)n3)OCc3c(N5CCOCC5)ccnc3N4)C2)C1. The third kappa shape index (κ3) is 4.24. The van der Waals surface area contributed by atoms with Crippen molar-refractivity contribution in [1.29, 1.82) is 0 Å². The van der Waals surface area contributed by atoms with Crippen molar-refractivity contribution in [3.05, 3.63) is 47.9 Å². The molecule has 9 heteroatoms. The van der Waals surface area contributed by atoms with Gasteiger partial charge in [0.1, 0.15) is 12.4 Å². The van der Waals surface area contributed by atoms with Crippen molar-refractivity contribution in [1.82, 2.24) is 19.8 Å². The lowest BCUT2D eigenvalue weighted by Gasteiger charge is -2.43. The number of carbonyl (C=O) groups is 1. The molecule has 0 radical (unpaired) electrons. The van der Waals surface area contributed by atoms with Crippen LogP contribution in [0.4, 0.5) is 17.2 Å². The molecule has 7 rings (SSSR count). The van der Waals surface area contributed by atoms with Gasteiger partial charge in [-0.2, -0.15) is 0 Å². The molecule has 37 heavy (non-hydrogen) atoms. The van der Waals surface area contributed by atoms with E-state index in [1.807, 2.05) is 11.1 Å². The lowest BCUT2D eigenvalue weighted by Crippen LogP contribution is -2.52. The van der Waals surface area contributed by atoms with Crippen molar-refractivity contribution in [2.45, 2.75) is 43.7 Å². The highest BCUT2D eigenvalue weighted by Gasteiger charge is 2.40. The zero-order valence-corrected chi connectivity index (χ0v) is 21.2. The number of hydrogen-bond acceptors (Lipinski definition) is 8. The fourth-order valence-corrected chi connectivity index (χ4v) is 6.13. The van der Waals surface area contributed by atoms with E-state index < -0.39 is 0 Å². The number of nitrogens with zero attached hydrogens (tertiary/aromatic N) is 5. The Morgan fingerprint density at radius 3 is 2.73 bits per heavy atom. The minimum atomic E-state index is 0.0396. The largest absolute Gasteiger partial charge is 0.485 e. The molecular weight excluding hydrogens is 468 g/mol. The Balaban J connectivity index is 1.12. The molecule has 6 heterocycles. The van der Waals surface area contributed by atoms with Gasteiger partial charge < -0.3 is 24.6 Å². The van der Waals surface area contributed by atoms with Gasteiger partial charge in [-0.05, 0) is 37.5 Å². The van der Waals surface area contributed by atoms with Crippen LogP contribution in [0, 0.1) is 0 Å². The number of amides is 1. The molecule has 0 unspecified atom stereocenters. The standard InChI is InChI=1S/C28H34N6O3/c1-2-25(35)33-8-6-20(16-33)34-14-19(15-34)22-13-23-27(26(30-22)18-3-4-18)37-17-21-24(5-7-29-28(21)31-23)32-9-11-36-12-10-32/h2,5,7,13,18-20H,1,3-4,6,8-12,14-17H2,(H,29,31)/t20-/m0/s1. The van der Waals surface area contributed by atoms with Crippen LogP contribution >= 0.6 is 0 Å². The lowest BCUT2D eigenvalue weighted by atomic mass is 9.92.